The van der Waals surface area contributed by atoms with E-state index in [4.69, 9.17) is 0 Å². The third-order valence-electron chi connectivity index (χ3n) is 8.31. The highest BCUT2D eigenvalue weighted by Crippen LogP contribution is 2.61. The van der Waals surface area contributed by atoms with Crippen LogP contribution in [0.1, 0.15) is 164 Å². The average molecular weight is 471 g/mol. The second-order valence-electron chi connectivity index (χ2n) is 10.8. The predicted octanol–water partition coefficient (Wildman–Crippen LogP) is 11.5. The van der Waals surface area contributed by atoms with Gasteiger partial charge in [-0.05, 0) is 43.7 Å². The van der Waals surface area contributed by atoms with Gasteiger partial charge in [-0.2, -0.15) is 0 Å². The normalized spacial score (nSPS) is 17.6. The summed E-state index contributed by atoms with van der Waals surface area (Å²) >= 11 is 0. The molecule has 0 aliphatic rings. The summed E-state index contributed by atoms with van der Waals surface area (Å²) < 4.78 is 15.0. The topological polar surface area (TPSA) is 17.1 Å². The highest BCUT2D eigenvalue weighted by molar-refractivity contribution is 7.65. The number of unbranched alkanes of at least 4 members (excludes halogenated alkanes) is 6. The Hall–Kier alpha value is 0.230. The molecule has 0 saturated heterocycles. The zero-order valence-electron chi connectivity index (χ0n) is 23.6. The fourth-order valence-corrected chi connectivity index (χ4v) is 10.0. The lowest BCUT2D eigenvalue weighted by Crippen LogP contribution is -2.25. The van der Waals surface area contributed by atoms with Gasteiger partial charge < -0.3 is 4.57 Å². The molecule has 0 saturated carbocycles. The van der Waals surface area contributed by atoms with Crippen molar-refractivity contribution in [2.75, 3.05) is 6.16 Å². The molecule has 2 heteroatoms. The summed E-state index contributed by atoms with van der Waals surface area (Å²) in [6, 6.07) is 0. The zero-order valence-corrected chi connectivity index (χ0v) is 24.5. The van der Waals surface area contributed by atoms with E-state index >= 15 is 4.57 Å². The van der Waals surface area contributed by atoms with Gasteiger partial charge in [0.15, 0.2) is 0 Å². The van der Waals surface area contributed by atoms with Gasteiger partial charge in [-0.25, -0.2) is 0 Å². The molecule has 0 aliphatic carbocycles. The maximum Gasteiger partial charge on any atom is 0.0933 e. The van der Waals surface area contributed by atoms with E-state index in [2.05, 4.69) is 48.5 Å². The molecule has 0 fully saturated rings. The van der Waals surface area contributed by atoms with Crippen LogP contribution in [-0.4, -0.2) is 17.5 Å². The van der Waals surface area contributed by atoms with Crippen molar-refractivity contribution in [3.05, 3.63) is 0 Å². The van der Waals surface area contributed by atoms with Gasteiger partial charge in [-0.1, -0.05) is 138 Å². The number of hydrogen-bond acceptors (Lipinski definition) is 1. The summed E-state index contributed by atoms with van der Waals surface area (Å²) in [5.74, 6) is 1.56. The van der Waals surface area contributed by atoms with Crippen molar-refractivity contribution in [1.82, 2.24) is 0 Å². The standard InChI is InChI=1S/C30H63OP/c1-8-15-19-23-29(25-27(12-5)21-17-10-3)32(31,14-7)30(24-20-16-9-2)26-28(13-6)22-18-11-4/h27-30H,8-26H2,1-7H3. The van der Waals surface area contributed by atoms with Crippen LogP contribution in [0.5, 0.6) is 0 Å². The molecule has 0 radical (unpaired) electrons. The van der Waals surface area contributed by atoms with Gasteiger partial charge in [0.2, 0.25) is 0 Å². The molecule has 0 aromatic rings. The van der Waals surface area contributed by atoms with E-state index in [-0.39, 0.29) is 0 Å². The van der Waals surface area contributed by atoms with Crippen LogP contribution in [0.2, 0.25) is 0 Å². The van der Waals surface area contributed by atoms with Gasteiger partial charge >= 0.3 is 0 Å². The molecule has 0 rings (SSSR count). The zero-order chi connectivity index (χ0) is 24.2. The second-order valence-corrected chi connectivity index (χ2v) is 14.6. The first kappa shape index (κ1) is 32.2. The molecule has 0 amide bonds. The Morgan fingerprint density at radius 2 is 0.875 bits per heavy atom. The van der Waals surface area contributed by atoms with Crippen LogP contribution >= 0.6 is 7.14 Å². The maximum absolute atomic E-state index is 15.0. The van der Waals surface area contributed by atoms with Gasteiger partial charge in [-0.15, -0.1) is 0 Å². The van der Waals surface area contributed by atoms with Crippen LogP contribution in [0.15, 0.2) is 0 Å². The van der Waals surface area contributed by atoms with E-state index in [1.807, 2.05) is 0 Å². The van der Waals surface area contributed by atoms with Gasteiger partial charge in [0.25, 0.3) is 0 Å². The molecule has 4 atom stereocenters. The maximum atomic E-state index is 15.0. The molecule has 0 spiro atoms. The minimum absolute atomic E-state index is 0.483. The van der Waals surface area contributed by atoms with Gasteiger partial charge in [-0.3, -0.25) is 0 Å². The first-order valence-corrected chi connectivity index (χ1v) is 17.1. The Bertz CT molecular complexity index is 410. The smallest absolute Gasteiger partial charge is 0.0933 e. The van der Waals surface area contributed by atoms with Crippen LogP contribution in [0, 0.1) is 11.8 Å². The van der Waals surface area contributed by atoms with E-state index in [1.54, 1.807) is 0 Å². The summed E-state index contributed by atoms with van der Waals surface area (Å²) in [5, 5.41) is 0. The summed E-state index contributed by atoms with van der Waals surface area (Å²) in [6.07, 6.45) is 24.0. The third-order valence-corrected chi connectivity index (χ3v) is 12.7. The van der Waals surface area contributed by atoms with Crippen molar-refractivity contribution >= 4 is 7.14 Å². The van der Waals surface area contributed by atoms with Crippen LogP contribution in [0.3, 0.4) is 0 Å². The summed E-state index contributed by atoms with van der Waals surface area (Å²) in [4.78, 5) is 0. The SMILES string of the molecule is CCCCCC(CC(CC)CCCC)P(=O)(CC)C(CCCCC)CC(CC)CCCC. The molecule has 0 heterocycles. The molecule has 194 valence electrons. The Balaban J connectivity index is 5.79. The van der Waals surface area contributed by atoms with Crippen LogP contribution in [-0.2, 0) is 4.57 Å². The monoisotopic (exact) mass is 470 g/mol. The lowest BCUT2D eigenvalue weighted by Gasteiger charge is -2.37. The van der Waals surface area contributed by atoms with Crippen molar-refractivity contribution in [3.63, 3.8) is 0 Å². The Morgan fingerprint density at radius 1 is 0.500 bits per heavy atom. The van der Waals surface area contributed by atoms with Crippen molar-refractivity contribution in [2.24, 2.45) is 11.8 Å². The highest BCUT2D eigenvalue weighted by atomic mass is 31.2. The van der Waals surface area contributed by atoms with E-state index in [1.165, 1.54) is 116 Å². The van der Waals surface area contributed by atoms with Crippen LogP contribution in [0.4, 0.5) is 0 Å². The molecular weight excluding hydrogens is 407 g/mol. The summed E-state index contributed by atoms with van der Waals surface area (Å²) in [6.45, 7) is 16.3. The van der Waals surface area contributed by atoms with Crippen LogP contribution < -0.4 is 0 Å². The van der Waals surface area contributed by atoms with E-state index < -0.39 is 7.14 Å². The van der Waals surface area contributed by atoms with Gasteiger partial charge in [0.1, 0.15) is 0 Å². The fourth-order valence-electron chi connectivity index (χ4n) is 5.84. The molecular formula is C30H63OP. The number of hydrogen-bond donors (Lipinski definition) is 0. The second kappa shape index (κ2) is 20.6. The molecule has 32 heavy (non-hydrogen) atoms. The first-order valence-electron chi connectivity index (χ1n) is 15.0. The largest absolute Gasteiger partial charge is 0.323 e. The summed E-state index contributed by atoms with van der Waals surface area (Å²) in [7, 11) is -2.20. The molecule has 1 nitrogen and oxygen atoms in total. The first-order chi connectivity index (χ1) is 15.5. The molecule has 0 bridgehead atoms. The molecule has 0 aliphatic heterocycles. The van der Waals surface area contributed by atoms with Gasteiger partial charge in [0.05, 0.1) is 7.14 Å². The lowest BCUT2D eigenvalue weighted by atomic mass is 9.92. The number of rotatable bonds is 23. The molecule has 4 unspecified atom stereocenters. The minimum Gasteiger partial charge on any atom is -0.323 e. The predicted molar refractivity (Wildman–Crippen MR) is 150 cm³/mol. The fraction of sp³-hybridized carbons (Fsp3) is 1.00. The molecule has 0 aromatic heterocycles. The van der Waals surface area contributed by atoms with Crippen LogP contribution in [0.25, 0.3) is 0 Å². The van der Waals surface area contributed by atoms with E-state index in [0.29, 0.717) is 11.3 Å². The Morgan fingerprint density at radius 3 is 1.16 bits per heavy atom. The minimum atomic E-state index is -2.20. The molecule has 0 N–H and O–H groups in total. The molecule has 0 aromatic carbocycles. The average Bonchev–Trinajstić information content (AvgIpc) is 2.81. The lowest BCUT2D eigenvalue weighted by molar-refractivity contribution is 0.378. The van der Waals surface area contributed by atoms with Gasteiger partial charge in [0, 0.05) is 11.3 Å². The Kier molecular flexibility index (Phi) is 20.7. The van der Waals surface area contributed by atoms with Crippen molar-refractivity contribution in [2.45, 2.75) is 175 Å². The highest BCUT2D eigenvalue weighted by Gasteiger charge is 2.39. The van der Waals surface area contributed by atoms with Crippen molar-refractivity contribution in [1.29, 1.82) is 0 Å². The Labute approximate surface area is 205 Å². The third kappa shape index (κ3) is 12.6. The van der Waals surface area contributed by atoms with E-state index in [9.17, 15) is 0 Å². The van der Waals surface area contributed by atoms with Crippen molar-refractivity contribution < 1.29 is 4.57 Å². The quantitative estimate of drug-likeness (QED) is 0.107. The van der Waals surface area contributed by atoms with E-state index in [0.717, 1.165) is 18.0 Å². The van der Waals surface area contributed by atoms with Crippen molar-refractivity contribution in [3.8, 4) is 0 Å². The summed E-state index contributed by atoms with van der Waals surface area (Å²) in [5.41, 5.74) is 0.965.